The molecule has 2 N–H and O–H groups in total. The first-order valence-electron chi connectivity index (χ1n) is 9.97. The van der Waals surface area contributed by atoms with E-state index in [1.807, 2.05) is 24.6 Å². The van der Waals surface area contributed by atoms with Crippen LogP contribution in [0.3, 0.4) is 0 Å². The molecule has 148 valence electrons. The SMILES string of the molecule is CCc1cnc(CCNC(=NC)NCC(C)CN2CCN(CC)CC2)s1. The Kier molecular flexibility index (Phi) is 9.36. The largest absolute Gasteiger partial charge is 0.356 e. The van der Waals surface area contributed by atoms with Crippen LogP contribution in [0.5, 0.6) is 0 Å². The van der Waals surface area contributed by atoms with Crippen molar-refractivity contribution in [1.29, 1.82) is 0 Å². The molecule has 1 fully saturated rings. The summed E-state index contributed by atoms with van der Waals surface area (Å²) in [5, 5.41) is 8.07. The quantitative estimate of drug-likeness (QED) is 0.504. The number of aryl methyl sites for hydroxylation is 1. The summed E-state index contributed by atoms with van der Waals surface area (Å²) >= 11 is 1.81. The molecule has 1 unspecified atom stereocenters. The molecule has 0 bridgehead atoms. The molecule has 1 aromatic rings. The van der Waals surface area contributed by atoms with Gasteiger partial charge < -0.3 is 20.4 Å². The number of hydrogen-bond acceptors (Lipinski definition) is 5. The summed E-state index contributed by atoms with van der Waals surface area (Å²) in [5.74, 6) is 1.49. The van der Waals surface area contributed by atoms with E-state index in [0.717, 1.165) is 38.4 Å². The second-order valence-electron chi connectivity index (χ2n) is 7.04. The van der Waals surface area contributed by atoms with Gasteiger partial charge in [0, 0.05) is 70.4 Å². The van der Waals surface area contributed by atoms with E-state index >= 15 is 0 Å². The first-order chi connectivity index (χ1) is 12.6. The smallest absolute Gasteiger partial charge is 0.190 e. The fraction of sp³-hybridized carbons (Fsp3) is 0.789. The molecule has 0 radical (unpaired) electrons. The van der Waals surface area contributed by atoms with E-state index < -0.39 is 0 Å². The molecular weight excluding hydrogens is 344 g/mol. The molecule has 0 aromatic carbocycles. The Labute approximate surface area is 163 Å². The van der Waals surface area contributed by atoms with Crippen LogP contribution in [-0.2, 0) is 12.8 Å². The van der Waals surface area contributed by atoms with Crippen LogP contribution < -0.4 is 10.6 Å². The molecule has 1 aliphatic rings. The number of likely N-dealkylation sites (N-methyl/N-ethyl adjacent to an activating group) is 1. The van der Waals surface area contributed by atoms with Gasteiger partial charge in [0.05, 0.1) is 5.01 Å². The molecule has 0 aliphatic carbocycles. The lowest BCUT2D eigenvalue weighted by molar-refractivity contribution is 0.124. The molecule has 1 aliphatic heterocycles. The van der Waals surface area contributed by atoms with Crippen molar-refractivity contribution >= 4 is 17.3 Å². The van der Waals surface area contributed by atoms with Gasteiger partial charge in [-0.05, 0) is 18.9 Å². The van der Waals surface area contributed by atoms with Crippen molar-refractivity contribution in [2.75, 3.05) is 59.4 Å². The minimum absolute atomic E-state index is 0.604. The number of guanidine groups is 1. The number of rotatable bonds is 9. The Bertz CT molecular complexity index is 536. The maximum Gasteiger partial charge on any atom is 0.190 e. The van der Waals surface area contributed by atoms with Gasteiger partial charge in [-0.2, -0.15) is 0 Å². The maximum atomic E-state index is 4.47. The lowest BCUT2D eigenvalue weighted by Crippen LogP contribution is -2.48. The average Bonchev–Trinajstić information content (AvgIpc) is 3.13. The Hall–Kier alpha value is -1.18. The summed E-state index contributed by atoms with van der Waals surface area (Å²) in [6, 6.07) is 0. The maximum absolute atomic E-state index is 4.47. The van der Waals surface area contributed by atoms with E-state index in [0.29, 0.717) is 5.92 Å². The molecule has 7 heteroatoms. The molecule has 26 heavy (non-hydrogen) atoms. The average molecular weight is 381 g/mol. The van der Waals surface area contributed by atoms with Crippen molar-refractivity contribution in [2.24, 2.45) is 10.9 Å². The van der Waals surface area contributed by atoms with Crippen LogP contribution in [0.1, 0.15) is 30.7 Å². The van der Waals surface area contributed by atoms with Crippen LogP contribution in [0.2, 0.25) is 0 Å². The molecule has 2 rings (SSSR count). The minimum atomic E-state index is 0.604. The van der Waals surface area contributed by atoms with Gasteiger partial charge >= 0.3 is 0 Å². The third-order valence-corrected chi connectivity index (χ3v) is 6.11. The van der Waals surface area contributed by atoms with E-state index in [4.69, 9.17) is 0 Å². The third-order valence-electron chi connectivity index (χ3n) is 4.90. The van der Waals surface area contributed by atoms with E-state index in [1.54, 1.807) is 0 Å². The number of hydrogen-bond donors (Lipinski definition) is 2. The van der Waals surface area contributed by atoms with Crippen molar-refractivity contribution < 1.29 is 0 Å². The predicted molar refractivity (Wildman–Crippen MR) is 112 cm³/mol. The zero-order valence-electron chi connectivity index (χ0n) is 16.9. The van der Waals surface area contributed by atoms with Crippen molar-refractivity contribution in [1.82, 2.24) is 25.4 Å². The number of aromatic nitrogens is 1. The zero-order chi connectivity index (χ0) is 18.8. The first kappa shape index (κ1) is 21.1. The van der Waals surface area contributed by atoms with E-state index in [9.17, 15) is 0 Å². The highest BCUT2D eigenvalue weighted by molar-refractivity contribution is 7.11. The highest BCUT2D eigenvalue weighted by atomic mass is 32.1. The summed E-state index contributed by atoms with van der Waals surface area (Å²) in [7, 11) is 1.84. The molecule has 2 heterocycles. The summed E-state index contributed by atoms with van der Waals surface area (Å²) in [5.41, 5.74) is 0. The Morgan fingerprint density at radius 3 is 2.58 bits per heavy atom. The third kappa shape index (κ3) is 7.21. The van der Waals surface area contributed by atoms with Crippen molar-refractivity contribution in [2.45, 2.75) is 33.6 Å². The normalized spacial score (nSPS) is 18.1. The van der Waals surface area contributed by atoms with Gasteiger partial charge in [-0.1, -0.05) is 20.8 Å². The van der Waals surface area contributed by atoms with Crippen LogP contribution in [0, 0.1) is 5.92 Å². The highest BCUT2D eigenvalue weighted by Gasteiger charge is 2.17. The molecule has 6 nitrogen and oxygen atoms in total. The molecule has 1 aromatic heterocycles. The van der Waals surface area contributed by atoms with Gasteiger partial charge in [0.2, 0.25) is 0 Å². The fourth-order valence-corrected chi connectivity index (χ4v) is 4.06. The Morgan fingerprint density at radius 1 is 1.23 bits per heavy atom. The molecular formula is C19H36N6S. The molecule has 1 saturated heterocycles. The van der Waals surface area contributed by atoms with E-state index in [1.165, 1.54) is 42.6 Å². The number of thiazole rings is 1. The second kappa shape index (κ2) is 11.5. The summed E-state index contributed by atoms with van der Waals surface area (Å²) in [6.07, 6.45) is 4.01. The number of aliphatic imine (C=N–C) groups is 1. The summed E-state index contributed by atoms with van der Waals surface area (Å²) in [4.78, 5) is 15.3. The van der Waals surface area contributed by atoms with Crippen LogP contribution in [-0.4, -0.2) is 80.1 Å². The van der Waals surface area contributed by atoms with Crippen molar-refractivity contribution in [3.05, 3.63) is 16.1 Å². The standard InChI is InChI=1S/C19H36N6S/c1-5-17-14-22-18(26-17)7-8-21-19(20-4)23-13-16(3)15-25-11-9-24(6-2)10-12-25/h14,16H,5-13,15H2,1-4H3,(H2,20,21,23). The lowest BCUT2D eigenvalue weighted by Gasteiger charge is -2.35. The Morgan fingerprint density at radius 2 is 1.96 bits per heavy atom. The van der Waals surface area contributed by atoms with Crippen molar-refractivity contribution in [3.8, 4) is 0 Å². The highest BCUT2D eigenvalue weighted by Crippen LogP contribution is 2.13. The van der Waals surface area contributed by atoms with E-state index in [2.05, 4.69) is 51.2 Å². The molecule has 0 saturated carbocycles. The van der Waals surface area contributed by atoms with Gasteiger partial charge in [0.25, 0.3) is 0 Å². The fourth-order valence-electron chi connectivity index (χ4n) is 3.20. The van der Waals surface area contributed by atoms with Gasteiger partial charge in [-0.15, -0.1) is 11.3 Å². The zero-order valence-corrected chi connectivity index (χ0v) is 17.7. The minimum Gasteiger partial charge on any atom is -0.356 e. The van der Waals surface area contributed by atoms with Gasteiger partial charge in [-0.3, -0.25) is 4.99 Å². The van der Waals surface area contributed by atoms with Crippen LogP contribution in [0.4, 0.5) is 0 Å². The predicted octanol–water partition coefficient (Wildman–Crippen LogP) is 1.69. The van der Waals surface area contributed by atoms with Gasteiger partial charge in [-0.25, -0.2) is 4.98 Å². The van der Waals surface area contributed by atoms with Gasteiger partial charge in [0.1, 0.15) is 0 Å². The van der Waals surface area contributed by atoms with E-state index in [-0.39, 0.29) is 0 Å². The number of nitrogens with one attached hydrogen (secondary N) is 2. The van der Waals surface area contributed by atoms with Crippen LogP contribution in [0.25, 0.3) is 0 Å². The van der Waals surface area contributed by atoms with Crippen molar-refractivity contribution in [3.63, 3.8) is 0 Å². The number of piperazine rings is 1. The van der Waals surface area contributed by atoms with Crippen LogP contribution >= 0.6 is 11.3 Å². The first-order valence-corrected chi connectivity index (χ1v) is 10.8. The monoisotopic (exact) mass is 380 g/mol. The molecule has 1 atom stereocenters. The molecule has 0 spiro atoms. The lowest BCUT2D eigenvalue weighted by atomic mass is 10.1. The topological polar surface area (TPSA) is 55.8 Å². The second-order valence-corrected chi connectivity index (χ2v) is 8.24. The van der Waals surface area contributed by atoms with Gasteiger partial charge in [0.15, 0.2) is 5.96 Å². The number of nitrogens with zero attached hydrogens (tertiary/aromatic N) is 4. The van der Waals surface area contributed by atoms with Crippen LogP contribution in [0.15, 0.2) is 11.2 Å². The Balaban J connectivity index is 1.61. The molecule has 0 amide bonds. The summed E-state index contributed by atoms with van der Waals surface area (Å²) in [6.45, 7) is 15.7. The summed E-state index contributed by atoms with van der Waals surface area (Å²) < 4.78 is 0.